The first-order valence-corrected chi connectivity index (χ1v) is 11.3. The van der Waals surface area contributed by atoms with Gasteiger partial charge in [-0.1, -0.05) is 35.9 Å². The first-order chi connectivity index (χ1) is 14.3. The van der Waals surface area contributed by atoms with Gasteiger partial charge in [-0.2, -0.15) is 0 Å². The molecule has 0 spiro atoms. The zero-order valence-corrected chi connectivity index (χ0v) is 18.1. The molecule has 0 fully saturated rings. The number of fused-ring (bicyclic) bond motifs is 3. The van der Waals surface area contributed by atoms with Crippen LogP contribution < -0.4 is 5.49 Å². The van der Waals surface area contributed by atoms with E-state index in [4.69, 9.17) is 5.41 Å². The number of benzene rings is 2. The van der Waals surface area contributed by atoms with Crippen LogP contribution in [0.15, 0.2) is 58.5 Å². The number of aromatic amines is 1. The van der Waals surface area contributed by atoms with Gasteiger partial charge in [0.25, 0.3) is 0 Å². The summed E-state index contributed by atoms with van der Waals surface area (Å²) >= 11 is 0. The molecule has 0 bridgehead atoms. The molecule has 2 aromatic heterocycles. The minimum atomic E-state index is -3.93. The van der Waals surface area contributed by atoms with Gasteiger partial charge in [0.2, 0.25) is 14.9 Å². The number of hydrogen-bond acceptors (Lipinski definition) is 5. The average Bonchev–Trinajstić information content (AvgIpc) is 3.08. The number of sulfone groups is 1. The summed E-state index contributed by atoms with van der Waals surface area (Å²) in [6, 6.07) is 14.3. The van der Waals surface area contributed by atoms with Crippen molar-refractivity contribution in [3.63, 3.8) is 0 Å². The largest absolute Gasteiger partial charge is 0.339 e. The molecular formula is C22H25N5O2S. The third kappa shape index (κ3) is 3.53. The second kappa shape index (κ2) is 7.70. The molecule has 0 saturated carbocycles. The molecule has 4 aromatic rings. The lowest BCUT2D eigenvalue weighted by molar-refractivity contribution is 0.384. The predicted octanol–water partition coefficient (Wildman–Crippen LogP) is 3.09. The second-order valence-corrected chi connectivity index (χ2v) is 9.62. The Morgan fingerprint density at radius 1 is 1.10 bits per heavy atom. The summed E-state index contributed by atoms with van der Waals surface area (Å²) in [5.74, 6) is 0. The SMILES string of the molecule is Cc1ccc(S(=O)(=O)c2nc3c4ccccc4[nH]c3n(CCCN(C)C)c2=N)cc1. The van der Waals surface area contributed by atoms with E-state index in [9.17, 15) is 8.42 Å². The Morgan fingerprint density at radius 3 is 2.50 bits per heavy atom. The first kappa shape index (κ1) is 20.3. The van der Waals surface area contributed by atoms with Gasteiger partial charge in [0.05, 0.1) is 4.90 Å². The number of para-hydroxylation sites is 1. The van der Waals surface area contributed by atoms with Gasteiger partial charge in [-0.3, -0.25) is 5.41 Å². The molecule has 0 saturated heterocycles. The zero-order chi connectivity index (χ0) is 21.5. The Kier molecular flexibility index (Phi) is 5.21. The smallest absolute Gasteiger partial charge is 0.227 e. The monoisotopic (exact) mass is 423 g/mol. The van der Waals surface area contributed by atoms with Crippen molar-refractivity contribution in [2.45, 2.75) is 29.8 Å². The third-order valence-electron chi connectivity index (χ3n) is 5.19. The molecule has 2 aromatic carbocycles. The normalized spacial score (nSPS) is 12.3. The molecule has 0 aliphatic rings. The van der Waals surface area contributed by atoms with Crippen molar-refractivity contribution in [3.8, 4) is 0 Å². The van der Waals surface area contributed by atoms with Crippen LogP contribution in [0.2, 0.25) is 0 Å². The molecule has 0 unspecified atom stereocenters. The Morgan fingerprint density at radius 2 is 1.80 bits per heavy atom. The Hall–Kier alpha value is -2.97. The van der Waals surface area contributed by atoms with Crippen LogP contribution in [0.5, 0.6) is 0 Å². The van der Waals surface area contributed by atoms with E-state index in [2.05, 4.69) is 14.9 Å². The molecule has 2 N–H and O–H groups in total. The van der Waals surface area contributed by atoms with Crippen molar-refractivity contribution >= 4 is 31.9 Å². The molecule has 0 aliphatic carbocycles. The lowest BCUT2D eigenvalue weighted by atomic mass is 10.2. The van der Waals surface area contributed by atoms with E-state index in [1.165, 1.54) is 0 Å². The molecule has 0 aliphatic heterocycles. The van der Waals surface area contributed by atoms with Crippen LogP contribution in [-0.2, 0) is 16.4 Å². The fourth-order valence-corrected chi connectivity index (χ4v) is 4.88. The van der Waals surface area contributed by atoms with Gasteiger partial charge in [-0.05, 0) is 52.2 Å². The fraction of sp³-hybridized carbons (Fsp3) is 0.273. The van der Waals surface area contributed by atoms with Crippen LogP contribution in [0.3, 0.4) is 0 Å². The quantitative estimate of drug-likeness (QED) is 0.498. The second-order valence-electron chi connectivity index (χ2n) is 7.76. The predicted molar refractivity (Wildman–Crippen MR) is 117 cm³/mol. The number of aryl methyl sites for hydroxylation is 2. The number of aromatic nitrogens is 3. The van der Waals surface area contributed by atoms with Crippen molar-refractivity contribution < 1.29 is 8.42 Å². The van der Waals surface area contributed by atoms with Crippen molar-refractivity contribution in [3.05, 3.63) is 59.6 Å². The number of H-pyrrole nitrogens is 1. The van der Waals surface area contributed by atoms with Gasteiger partial charge in [0.1, 0.15) is 11.2 Å². The highest BCUT2D eigenvalue weighted by Crippen LogP contribution is 2.25. The van der Waals surface area contributed by atoms with Gasteiger partial charge < -0.3 is 14.5 Å². The third-order valence-corrected chi connectivity index (χ3v) is 6.87. The molecule has 7 nitrogen and oxygen atoms in total. The highest BCUT2D eigenvalue weighted by Gasteiger charge is 2.25. The maximum absolute atomic E-state index is 13.4. The molecule has 2 heterocycles. The van der Waals surface area contributed by atoms with Crippen LogP contribution in [0, 0.1) is 12.3 Å². The first-order valence-electron chi connectivity index (χ1n) is 9.81. The van der Waals surface area contributed by atoms with Crippen LogP contribution >= 0.6 is 0 Å². The van der Waals surface area contributed by atoms with Gasteiger partial charge in [-0.15, -0.1) is 0 Å². The standard InChI is InChI=1S/C22H25N5O2S/c1-15-9-11-16(12-10-15)30(28,29)22-20(23)27(14-6-13-26(2)3)21-19(25-22)17-7-4-5-8-18(17)24-21/h4-5,7-12,23-24H,6,13-14H2,1-3H3. The summed E-state index contributed by atoms with van der Waals surface area (Å²) in [6.45, 7) is 3.25. The van der Waals surface area contributed by atoms with Crippen LogP contribution in [0.4, 0.5) is 0 Å². The van der Waals surface area contributed by atoms with E-state index < -0.39 is 9.84 Å². The highest BCUT2D eigenvalue weighted by atomic mass is 32.2. The maximum atomic E-state index is 13.4. The molecule has 0 amide bonds. The number of hydrogen-bond donors (Lipinski definition) is 2. The molecule has 8 heteroatoms. The average molecular weight is 424 g/mol. The zero-order valence-electron chi connectivity index (χ0n) is 17.3. The van der Waals surface area contributed by atoms with E-state index in [1.54, 1.807) is 28.8 Å². The van der Waals surface area contributed by atoms with Crippen molar-refractivity contribution in [2.75, 3.05) is 20.6 Å². The van der Waals surface area contributed by atoms with Crippen molar-refractivity contribution in [1.82, 2.24) is 19.4 Å². The van der Waals surface area contributed by atoms with E-state index >= 15 is 0 Å². The molecule has 30 heavy (non-hydrogen) atoms. The lowest BCUT2D eigenvalue weighted by Crippen LogP contribution is -2.29. The summed E-state index contributed by atoms with van der Waals surface area (Å²) in [5, 5.41) is 9.35. The topological polar surface area (TPSA) is 94.8 Å². The van der Waals surface area contributed by atoms with E-state index in [0.717, 1.165) is 29.4 Å². The van der Waals surface area contributed by atoms with Gasteiger partial charge in [0, 0.05) is 17.4 Å². The van der Waals surface area contributed by atoms with Gasteiger partial charge in [-0.25, -0.2) is 13.4 Å². The van der Waals surface area contributed by atoms with E-state index in [-0.39, 0.29) is 15.4 Å². The molecule has 0 radical (unpaired) electrons. The summed E-state index contributed by atoms with van der Waals surface area (Å²) in [7, 11) is 0.0494. The Labute approximate surface area is 175 Å². The summed E-state index contributed by atoms with van der Waals surface area (Å²) in [4.78, 5) is 10.0. The Bertz CT molecular complexity index is 1380. The van der Waals surface area contributed by atoms with E-state index in [1.807, 2.05) is 45.3 Å². The van der Waals surface area contributed by atoms with Crippen LogP contribution in [0.1, 0.15) is 12.0 Å². The summed E-state index contributed by atoms with van der Waals surface area (Å²) < 4.78 is 28.5. The molecular weight excluding hydrogens is 398 g/mol. The van der Waals surface area contributed by atoms with Gasteiger partial charge >= 0.3 is 0 Å². The maximum Gasteiger partial charge on any atom is 0.227 e. The number of nitrogens with zero attached hydrogens (tertiary/aromatic N) is 3. The minimum absolute atomic E-state index is 0.103. The Balaban J connectivity index is 1.97. The summed E-state index contributed by atoms with van der Waals surface area (Å²) in [5.41, 5.74) is 2.97. The lowest BCUT2D eigenvalue weighted by Gasteiger charge is -2.14. The fourth-order valence-electron chi connectivity index (χ4n) is 3.59. The number of rotatable bonds is 6. The summed E-state index contributed by atoms with van der Waals surface area (Å²) in [6.07, 6.45) is 0.780. The van der Waals surface area contributed by atoms with Crippen LogP contribution in [-0.4, -0.2) is 48.5 Å². The molecule has 0 atom stereocenters. The molecule has 4 rings (SSSR count). The van der Waals surface area contributed by atoms with Crippen LogP contribution in [0.25, 0.3) is 22.1 Å². The molecule has 156 valence electrons. The van der Waals surface area contributed by atoms with Crippen molar-refractivity contribution in [2.24, 2.45) is 0 Å². The van der Waals surface area contributed by atoms with Crippen molar-refractivity contribution in [1.29, 1.82) is 5.41 Å². The van der Waals surface area contributed by atoms with E-state index in [0.29, 0.717) is 17.7 Å². The number of nitrogens with one attached hydrogen (secondary N) is 2. The minimum Gasteiger partial charge on any atom is -0.339 e. The van der Waals surface area contributed by atoms with Gasteiger partial charge in [0.15, 0.2) is 5.49 Å². The highest BCUT2D eigenvalue weighted by molar-refractivity contribution is 7.91.